The molecular formula is C17H26N4O4. The fourth-order valence-electron chi connectivity index (χ4n) is 3.66. The zero-order valence-corrected chi connectivity index (χ0v) is 14.5. The Hall–Kier alpha value is -1.93. The molecule has 3 heterocycles. The molecule has 0 saturated carbocycles. The molecule has 2 aliphatic heterocycles. The minimum atomic E-state index is -0.907. The molecule has 3 rings (SSSR count). The van der Waals surface area contributed by atoms with Crippen molar-refractivity contribution in [3.63, 3.8) is 0 Å². The number of likely N-dealkylation sites (tertiary alicyclic amines) is 1. The van der Waals surface area contributed by atoms with E-state index in [0.29, 0.717) is 24.7 Å². The molecule has 0 radical (unpaired) electrons. The summed E-state index contributed by atoms with van der Waals surface area (Å²) < 4.78 is 6.98. The minimum Gasteiger partial charge on any atom is -0.480 e. The molecule has 0 aromatic carbocycles. The molecular weight excluding hydrogens is 324 g/mol. The number of amides is 1. The van der Waals surface area contributed by atoms with Gasteiger partial charge in [-0.05, 0) is 12.8 Å². The van der Waals surface area contributed by atoms with Gasteiger partial charge in [0.05, 0.1) is 13.2 Å². The molecule has 0 aliphatic carbocycles. The molecule has 1 N–H and O–H groups in total. The second-order valence-electron chi connectivity index (χ2n) is 6.63. The Bertz CT molecular complexity index is 589. The zero-order chi connectivity index (χ0) is 17.6. The van der Waals surface area contributed by atoms with Gasteiger partial charge < -0.3 is 19.3 Å². The normalized spacial score (nSPS) is 19.9. The summed E-state index contributed by atoms with van der Waals surface area (Å²) in [5.74, 6) is -0.125. The standard InChI is InChI=1S/C17H26N4O4/c22-16(2-1-15-18-5-8-21(15)13-17(23)24)20-6-3-14(4-7-20)19-9-11-25-12-10-19/h5,8,14H,1-4,6-7,9-13H2,(H,23,24). The summed E-state index contributed by atoms with van der Waals surface area (Å²) in [6.45, 7) is 5.07. The van der Waals surface area contributed by atoms with Crippen molar-refractivity contribution in [2.45, 2.75) is 38.3 Å². The Morgan fingerprint density at radius 2 is 1.92 bits per heavy atom. The first-order valence-corrected chi connectivity index (χ1v) is 8.95. The number of piperidine rings is 1. The van der Waals surface area contributed by atoms with Crippen LogP contribution in [-0.4, -0.2) is 81.8 Å². The molecule has 0 bridgehead atoms. The zero-order valence-electron chi connectivity index (χ0n) is 14.5. The second-order valence-corrected chi connectivity index (χ2v) is 6.63. The molecule has 138 valence electrons. The molecule has 1 amide bonds. The highest BCUT2D eigenvalue weighted by molar-refractivity contribution is 5.76. The first-order valence-electron chi connectivity index (χ1n) is 8.95. The van der Waals surface area contributed by atoms with Crippen LogP contribution >= 0.6 is 0 Å². The van der Waals surface area contributed by atoms with Gasteiger partial charge in [-0.1, -0.05) is 0 Å². The van der Waals surface area contributed by atoms with Crippen molar-refractivity contribution in [3.05, 3.63) is 18.2 Å². The van der Waals surface area contributed by atoms with E-state index < -0.39 is 5.97 Å². The number of carboxylic acids is 1. The van der Waals surface area contributed by atoms with Crippen molar-refractivity contribution in [2.24, 2.45) is 0 Å². The Labute approximate surface area is 147 Å². The molecule has 0 unspecified atom stereocenters. The molecule has 0 spiro atoms. The number of aryl methyl sites for hydroxylation is 1. The van der Waals surface area contributed by atoms with E-state index >= 15 is 0 Å². The number of carbonyl (C=O) groups excluding carboxylic acids is 1. The molecule has 1 aromatic rings. The number of rotatable bonds is 6. The highest BCUT2D eigenvalue weighted by atomic mass is 16.5. The second kappa shape index (κ2) is 8.44. The number of morpholine rings is 1. The average Bonchev–Trinajstić information content (AvgIpc) is 3.07. The SMILES string of the molecule is O=C(O)Cn1ccnc1CCC(=O)N1CCC(N2CCOCC2)CC1. The van der Waals surface area contributed by atoms with Gasteiger partial charge in [-0.2, -0.15) is 0 Å². The first kappa shape index (κ1) is 17.9. The van der Waals surface area contributed by atoms with Crippen LogP contribution in [-0.2, 0) is 27.3 Å². The largest absolute Gasteiger partial charge is 0.480 e. The number of imidazole rings is 1. The lowest BCUT2D eigenvalue weighted by Gasteiger charge is -2.40. The van der Waals surface area contributed by atoms with Crippen molar-refractivity contribution in [1.29, 1.82) is 0 Å². The van der Waals surface area contributed by atoms with Crippen LogP contribution in [0.5, 0.6) is 0 Å². The van der Waals surface area contributed by atoms with Gasteiger partial charge in [0.1, 0.15) is 12.4 Å². The number of hydrogen-bond donors (Lipinski definition) is 1. The molecule has 2 aliphatic rings. The number of carbonyl (C=O) groups is 2. The number of hydrogen-bond acceptors (Lipinski definition) is 5. The van der Waals surface area contributed by atoms with Gasteiger partial charge in [0.25, 0.3) is 0 Å². The van der Waals surface area contributed by atoms with Crippen molar-refractivity contribution >= 4 is 11.9 Å². The Balaban J connectivity index is 1.43. The fraction of sp³-hybridized carbons (Fsp3) is 0.706. The van der Waals surface area contributed by atoms with Crippen molar-refractivity contribution in [1.82, 2.24) is 19.4 Å². The number of nitrogens with zero attached hydrogens (tertiary/aromatic N) is 4. The molecule has 2 fully saturated rings. The van der Waals surface area contributed by atoms with E-state index in [-0.39, 0.29) is 12.5 Å². The molecule has 8 nitrogen and oxygen atoms in total. The van der Waals surface area contributed by atoms with Gasteiger partial charge in [0, 0.05) is 57.5 Å². The lowest BCUT2D eigenvalue weighted by atomic mass is 10.0. The maximum atomic E-state index is 12.4. The Morgan fingerprint density at radius 1 is 1.20 bits per heavy atom. The molecule has 0 atom stereocenters. The summed E-state index contributed by atoms with van der Waals surface area (Å²) >= 11 is 0. The fourth-order valence-corrected chi connectivity index (χ4v) is 3.66. The quantitative estimate of drug-likeness (QED) is 0.790. The van der Waals surface area contributed by atoms with Crippen LogP contribution in [0.15, 0.2) is 12.4 Å². The van der Waals surface area contributed by atoms with Crippen LogP contribution in [0.4, 0.5) is 0 Å². The summed E-state index contributed by atoms with van der Waals surface area (Å²) in [5, 5.41) is 8.89. The van der Waals surface area contributed by atoms with Crippen LogP contribution in [0.25, 0.3) is 0 Å². The van der Waals surface area contributed by atoms with E-state index in [4.69, 9.17) is 9.84 Å². The highest BCUT2D eigenvalue weighted by Gasteiger charge is 2.27. The van der Waals surface area contributed by atoms with Gasteiger partial charge in [-0.3, -0.25) is 14.5 Å². The van der Waals surface area contributed by atoms with Crippen molar-refractivity contribution in [2.75, 3.05) is 39.4 Å². The summed E-state index contributed by atoms with van der Waals surface area (Å²) in [7, 11) is 0. The van der Waals surface area contributed by atoms with Crippen LogP contribution in [0.2, 0.25) is 0 Å². The average molecular weight is 350 g/mol. The maximum absolute atomic E-state index is 12.4. The number of aliphatic carboxylic acids is 1. The van der Waals surface area contributed by atoms with Crippen LogP contribution in [0.1, 0.15) is 25.1 Å². The van der Waals surface area contributed by atoms with Crippen molar-refractivity contribution in [3.8, 4) is 0 Å². The lowest BCUT2D eigenvalue weighted by Crippen LogP contribution is -2.50. The van der Waals surface area contributed by atoms with Crippen LogP contribution < -0.4 is 0 Å². The smallest absolute Gasteiger partial charge is 0.323 e. The topological polar surface area (TPSA) is 87.9 Å². The summed E-state index contributed by atoms with van der Waals surface area (Å²) in [6, 6.07) is 0.558. The molecule has 25 heavy (non-hydrogen) atoms. The van der Waals surface area contributed by atoms with Gasteiger partial charge >= 0.3 is 5.97 Å². The van der Waals surface area contributed by atoms with Gasteiger partial charge in [0.15, 0.2) is 0 Å². The monoisotopic (exact) mass is 350 g/mol. The summed E-state index contributed by atoms with van der Waals surface area (Å²) in [4.78, 5) is 31.9. The predicted octanol–water partition coefficient (Wildman–Crippen LogP) is 0.224. The Morgan fingerprint density at radius 3 is 2.60 bits per heavy atom. The third kappa shape index (κ3) is 4.79. The first-order chi connectivity index (χ1) is 12.1. The lowest BCUT2D eigenvalue weighted by molar-refractivity contribution is -0.137. The molecule has 2 saturated heterocycles. The highest BCUT2D eigenvalue weighted by Crippen LogP contribution is 2.18. The van der Waals surface area contributed by atoms with E-state index in [9.17, 15) is 9.59 Å². The third-order valence-electron chi connectivity index (χ3n) is 5.05. The minimum absolute atomic E-state index is 0.117. The Kier molecular flexibility index (Phi) is 6.04. The number of ether oxygens (including phenoxy) is 1. The van der Waals surface area contributed by atoms with Gasteiger partial charge in [0.2, 0.25) is 5.91 Å². The van der Waals surface area contributed by atoms with E-state index in [1.165, 1.54) is 0 Å². The third-order valence-corrected chi connectivity index (χ3v) is 5.05. The number of carboxylic acid groups (broad SMARTS) is 1. The predicted molar refractivity (Wildman–Crippen MR) is 90.2 cm³/mol. The summed E-state index contributed by atoms with van der Waals surface area (Å²) in [6.07, 6.45) is 6.10. The van der Waals surface area contributed by atoms with E-state index in [2.05, 4.69) is 9.88 Å². The van der Waals surface area contributed by atoms with Gasteiger partial charge in [-0.25, -0.2) is 4.98 Å². The van der Waals surface area contributed by atoms with Crippen LogP contribution in [0.3, 0.4) is 0 Å². The maximum Gasteiger partial charge on any atom is 0.323 e. The molecule has 8 heteroatoms. The van der Waals surface area contributed by atoms with E-state index in [1.807, 2.05) is 4.90 Å². The van der Waals surface area contributed by atoms with E-state index in [1.54, 1.807) is 17.0 Å². The van der Waals surface area contributed by atoms with Crippen molar-refractivity contribution < 1.29 is 19.4 Å². The van der Waals surface area contributed by atoms with Gasteiger partial charge in [-0.15, -0.1) is 0 Å². The van der Waals surface area contributed by atoms with E-state index in [0.717, 1.165) is 52.2 Å². The number of aromatic nitrogens is 2. The molecule has 1 aromatic heterocycles. The van der Waals surface area contributed by atoms with Crippen LogP contribution in [0, 0.1) is 0 Å². The summed E-state index contributed by atoms with van der Waals surface area (Å²) in [5.41, 5.74) is 0.